The van der Waals surface area contributed by atoms with Crippen LogP contribution in [0.4, 0.5) is 0 Å². The minimum atomic E-state index is -0.0211. The zero-order valence-corrected chi connectivity index (χ0v) is 10.9. The highest BCUT2D eigenvalue weighted by molar-refractivity contribution is 5.92. The summed E-state index contributed by atoms with van der Waals surface area (Å²) in [5.74, 6) is 0. The van der Waals surface area contributed by atoms with Gasteiger partial charge in [0.2, 0.25) is 0 Å². The van der Waals surface area contributed by atoms with Gasteiger partial charge in [-0.3, -0.25) is 0 Å². The molecule has 0 atom stereocenters. The van der Waals surface area contributed by atoms with Crippen molar-refractivity contribution in [1.29, 1.82) is 0 Å². The summed E-state index contributed by atoms with van der Waals surface area (Å²) in [5.41, 5.74) is 2.77. The third-order valence-electron chi connectivity index (χ3n) is 3.93. The van der Waals surface area contributed by atoms with Crippen molar-refractivity contribution >= 4 is 10.8 Å². The van der Waals surface area contributed by atoms with Crippen molar-refractivity contribution in [2.24, 2.45) is 0 Å². The number of ether oxygens (including phenoxy) is 2. The molecule has 2 nitrogen and oxygen atoms in total. The molecule has 0 N–H and O–H groups in total. The molecule has 18 heavy (non-hydrogen) atoms. The second-order valence-corrected chi connectivity index (χ2v) is 5.14. The van der Waals surface area contributed by atoms with Crippen LogP contribution >= 0.6 is 0 Å². The van der Waals surface area contributed by atoms with Crippen molar-refractivity contribution in [3.8, 4) is 0 Å². The Bertz CT molecular complexity index is 563. The van der Waals surface area contributed by atoms with Crippen LogP contribution in [-0.4, -0.2) is 27.4 Å². The number of rotatable bonds is 4. The lowest BCUT2D eigenvalue weighted by atomic mass is 9.82. The van der Waals surface area contributed by atoms with E-state index in [9.17, 15) is 0 Å². The Kier molecular flexibility index (Phi) is 2.84. The molecule has 3 rings (SSSR count). The summed E-state index contributed by atoms with van der Waals surface area (Å²) in [5, 5.41) is 2.72. The van der Waals surface area contributed by atoms with E-state index in [0.29, 0.717) is 13.2 Å². The molecule has 1 aliphatic carbocycles. The molecule has 2 aromatic carbocycles. The molecule has 2 aromatic rings. The zero-order chi connectivity index (χ0) is 12.6. The Morgan fingerprint density at radius 1 is 1.00 bits per heavy atom. The minimum Gasteiger partial charge on any atom is -0.384 e. The average Bonchev–Trinajstić information content (AvgIpc) is 2.68. The molecule has 0 saturated heterocycles. The molecule has 0 amide bonds. The van der Waals surface area contributed by atoms with Gasteiger partial charge in [0.25, 0.3) is 0 Å². The monoisotopic (exact) mass is 242 g/mol. The molecule has 0 spiro atoms. The van der Waals surface area contributed by atoms with E-state index in [1.807, 2.05) is 0 Å². The van der Waals surface area contributed by atoms with Crippen molar-refractivity contribution in [2.45, 2.75) is 11.8 Å². The molecule has 0 heterocycles. The topological polar surface area (TPSA) is 18.5 Å². The summed E-state index contributed by atoms with van der Waals surface area (Å²) in [6.07, 6.45) is 1.01. The molecular weight excluding hydrogens is 224 g/mol. The van der Waals surface area contributed by atoms with E-state index in [0.717, 1.165) is 6.42 Å². The normalized spacial score (nSPS) is 16.3. The standard InChI is InChI=1S/C16H18O2/c1-17-10-16(11-18-2)9-13-7-3-5-12-6-4-8-14(16)15(12)13/h3-8H,9-11H2,1-2H3. The first-order chi connectivity index (χ1) is 8.80. The summed E-state index contributed by atoms with van der Waals surface area (Å²) >= 11 is 0. The summed E-state index contributed by atoms with van der Waals surface area (Å²) in [6, 6.07) is 13.1. The maximum atomic E-state index is 5.46. The molecule has 2 heteroatoms. The lowest BCUT2D eigenvalue weighted by Crippen LogP contribution is -2.36. The minimum absolute atomic E-state index is 0.0211. The van der Waals surface area contributed by atoms with E-state index in [4.69, 9.17) is 9.47 Å². The van der Waals surface area contributed by atoms with Gasteiger partial charge in [-0.05, 0) is 28.3 Å². The first-order valence-corrected chi connectivity index (χ1v) is 6.30. The van der Waals surface area contributed by atoms with E-state index in [1.54, 1.807) is 14.2 Å². The SMILES string of the molecule is COCC1(COC)Cc2cccc3cccc1c23. The van der Waals surface area contributed by atoms with Crippen molar-refractivity contribution in [3.05, 3.63) is 47.5 Å². The molecular formula is C16H18O2. The van der Waals surface area contributed by atoms with Gasteiger partial charge in [-0.1, -0.05) is 36.4 Å². The van der Waals surface area contributed by atoms with Gasteiger partial charge in [0.1, 0.15) is 0 Å². The highest BCUT2D eigenvalue weighted by Gasteiger charge is 2.39. The zero-order valence-electron chi connectivity index (χ0n) is 10.9. The summed E-state index contributed by atoms with van der Waals surface area (Å²) < 4.78 is 10.9. The summed E-state index contributed by atoms with van der Waals surface area (Å²) in [6.45, 7) is 1.41. The van der Waals surface area contributed by atoms with Gasteiger partial charge in [0.05, 0.1) is 13.2 Å². The van der Waals surface area contributed by atoms with Crippen molar-refractivity contribution < 1.29 is 9.47 Å². The van der Waals surface area contributed by atoms with Crippen LogP contribution in [0.2, 0.25) is 0 Å². The van der Waals surface area contributed by atoms with Gasteiger partial charge in [0.15, 0.2) is 0 Å². The van der Waals surface area contributed by atoms with Crippen molar-refractivity contribution in [3.63, 3.8) is 0 Å². The first kappa shape index (κ1) is 11.7. The quantitative estimate of drug-likeness (QED) is 0.820. The van der Waals surface area contributed by atoms with Crippen LogP contribution in [-0.2, 0) is 21.3 Å². The van der Waals surface area contributed by atoms with Crippen LogP contribution < -0.4 is 0 Å². The van der Waals surface area contributed by atoms with Crippen LogP contribution in [0.15, 0.2) is 36.4 Å². The highest BCUT2D eigenvalue weighted by Crippen LogP contribution is 2.42. The lowest BCUT2D eigenvalue weighted by Gasteiger charge is -2.29. The molecule has 0 radical (unpaired) electrons. The predicted octanol–water partition coefficient (Wildman–Crippen LogP) is 2.93. The fourth-order valence-electron chi connectivity index (χ4n) is 3.32. The fourth-order valence-corrected chi connectivity index (χ4v) is 3.32. The van der Waals surface area contributed by atoms with Gasteiger partial charge in [0, 0.05) is 19.6 Å². The van der Waals surface area contributed by atoms with E-state index in [2.05, 4.69) is 36.4 Å². The molecule has 0 unspecified atom stereocenters. The summed E-state index contributed by atoms with van der Waals surface area (Å²) in [4.78, 5) is 0. The van der Waals surface area contributed by atoms with Crippen LogP contribution in [0.1, 0.15) is 11.1 Å². The largest absolute Gasteiger partial charge is 0.384 e. The van der Waals surface area contributed by atoms with Gasteiger partial charge < -0.3 is 9.47 Å². The molecule has 0 fully saturated rings. The van der Waals surface area contributed by atoms with Gasteiger partial charge >= 0.3 is 0 Å². The molecule has 0 aromatic heterocycles. The smallest absolute Gasteiger partial charge is 0.0584 e. The fraction of sp³-hybridized carbons (Fsp3) is 0.375. The van der Waals surface area contributed by atoms with Gasteiger partial charge in [-0.15, -0.1) is 0 Å². The highest BCUT2D eigenvalue weighted by atomic mass is 16.5. The molecule has 1 aliphatic rings. The van der Waals surface area contributed by atoms with E-state index < -0.39 is 0 Å². The van der Waals surface area contributed by atoms with E-state index >= 15 is 0 Å². The van der Waals surface area contributed by atoms with Gasteiger partial charge in [-0.2, -0.15) is 0 Å². The third-order valence-corrected chi connectivity index (χ3v) is 3.93. The van der Waals surface area contributed by atoms with Crippen molar-refractivity contribution in [2.75, 3.05) is 27.4 Å². The molecule has 94 valence electrons. The Morgan fingerprint density at radius 2 is 1.67 bits per heavy atom. The molecule has 0 aliphatic heterocycles. The van der Waals surface area contributed by atoms with Crippen LogP contribution in [0.3, 0.4) is 0 Å². The Labute approximate surface area is 108 Å². The second-order valence-electron chi connectivity index (χ2n) is 5.14. The number of hydrogen-bond acceptors (Lipinski definition) is 2. The maximum Gasteiger partial charge on any atom is 0.0584 e. The number of benzene rings is 2. The first-order valence-electron chi connectivity index (χ1n) is 6.30. The second kappa shape index (κ2) is 4.38. The summed E-state index contributed by atoms with van der Waals surface area (Å²) in [7, 11) is 3.53. The van der Waals surface area contributed by atoms with Crippen molar-refractivity contribution in [1.82, 2.24) is 0 Å². The molecule has 0 saturated carbocycles. The van der Waals surface area contributed by atoms with Crippen LogP contribution in [0, 0.1) is 0 Å². The lowest BCUT2D eigenvalue weighted by molar-refractivity contribution is 0.0623. The van der Waals surface area contributed by atoms with Gasteiger partial charge in [-0.25, -0.2) is 0 Å². The Hall–Kier alpha value is -1.38. The van der Waals surface area contributed by atoms with Crippen LogP contribution in [0.25, 0.3) is 10.8 Å². The van der Waals surface area contributed by atoms with Crippen LogP contribution in [0.5, 0.6) is 0 Å². The maximum absolute atomic E-state index is 5.46. The van der Waals surface area contributed by atoms with E-state index in [-0.39, 0.29) is 5.41 Å². The van der Waals surface area contributed by atoms with E-state index in [1.165, 1.54) is 21.9 Å². The third kappa shape index (κ3) is 1.57. The molecule has 0 bridgehead atoms. The number of hydrogen-bond donors (Lipinski definition) is 0. The Balaban J connectivity index is 2.22. The number of methoxy groups -OCH3 is 2. The Morgan fingerprint density at radius 3 is 2.33 bits per heavy atom. The predicted molar refractivity (Wildman–Crippen MR) is 73.1 cm³/mol. The average molecular weight is 242 g/mol.